The summed E-state index contributed by atoms with van der Waals surface area (Å²) in [5, 5.41) is 7.23. The van der Waals surface area contributed by atoms with Gasteiger partial charge in [-0.3, -0.25) is 9.20 Å². The lowest BCUT2D eigenvalue weighted by molar-refractivity contribution is 0.413. The van der Waals surface area contributed by atoms with Gasteiger partial charge in [0.25, 0.3) is 0 Å². The topological polar surface area (TPSA) is 53.5 Å². The number of aliphatic imine (C=N–C) groups is 1. The Balaban J connectivity index is 1.87. The molecule has 7 heteroatoms. The molecule has 3 atom stereocenters. The highest BCUT2D eigenvalue weighted by Gasteiger charge is 2.25. The zero-order valence-electron chi connectivity index (χ0n) is 14.5. The normalized spacial score (nSPS) is 23.0. The number of thiophene rings is 1. The molecule has 1 aliphatic rings. The molecule has 1 aromatic heterocycles. The van der Waals surface area contributed by atoms with E-state index in [4.69, 9.17) is 4.99 Å². The lowest BCUT2D eigenvalue weighted by atomic mass is 9.95. The molecule has 24 heavy (non-hydrogen) atoms. The van der Waals surface area contributed by atoms with Crippen molar-refractivity contribution in [3.63, 3.8) is 0 Å². The minimum Gasteiger partial charge on any atom is -0.357 e. The first-order valence-electron chi connectivity index (χ1n) is 8.78. The molecular weight excluding hydrogens is 406 g/mol. The zero-order chi connectivity index (χ0) is 17.4. The Morgan fingerprint density at radius 3 is 2.92 bits per heavy atom. The third kappa shape index (κ3) is 6.48. The lowest BCUT2D eigenvalue weighted by Crippen LogP contribution is -2.46. The van der Waals surface area contributed by atoms with Gasteiger partial charge in [0.1, 0.15) is 0 Å². The van der Waals surface area contributed by atoms with Crippen LogP contribution in [0.25, 0.3) is 0 Å². The van der Waals surface area contributed by atoms with Crippen molar-refractivity contribution in [2.24, 2.45) is 4.99 Å². The van der Waals surface area contributed by atoms with Gasteiger partial charge >= 0.3 is 0 Å². The molecule has 0 bridgehead atoms. The van der Waals surface area contributed by atoms with Crippen molar-refractivity contribution in [1.29, 1.82) is 0 Å². The molecule has 4 nitrogen and oxygen atoms in total. The molecule has 0 amide bonds. The van der Waals surface area contributed by atoms with Crippen molar-refractivity contribution in [1.82, 2.24) is 10.6 Å². The minimum atomic E-state index is -0.684. The monoisotopic (exact) mass is 433 g/mol. The highest BCUT2D eigenvalue weighted by atomic mass is 79.9. The summed E-state index contributed by atoms with van der Waals surface area (Å²) in [6, 6.07) is 4.62. The number of guanidine groups is 1. The van der Waals surface area contributed by atoms with Gasteiger partial charge in [0, 0.05) is 52.2 Å². The molecule has 0 aromatic carbocycles. The Kier molecular flexibility index (Phi) is 8.76. The fourth-order valence-corrected chi connectivity index (χ4v) is 5.85. The first-order valence-corrected chi connectivity index (χ1v) is 11.8. The van der Waals surface area contributed by atoms with Crippen molar-refractivity contribution in [3.8, 4) is 0 Å². The Hall–Kier alpha value is -0.400. The largest absolute Gasteiger partial charge is 0.357 e. The van der Waals surface area contributed by atoms with Crippen LogP contribution >= 0.6 is 27.3 Å². The van der Waals surface area contributed by atoms with Gasteiger partial charge in [-0.1, -0.05) is 13.3 Å². The predicted molar refractivity (Wildman–Crippen MR) is 110 cm³/mol. The van der Waals surface area contributed by atoms with E-state index < -0.39 is 10.8 Å². The molecule has 1 heterocycles. The van der Waals surface area contributed by atoms with Gasteiger partial charge in [0.15, 0.2) is 5.96 Å². The van der Waals surface area contributed by atoms with E-state index in [0.717, 1.165) is 56.9 Å². The molecule has 0 saturated heterocycles. The Labute approximate surface area is 160 Å². The minimum absolute atomic E-state index is 0.340. The first kappa shape index (κ1) is 19.9. The maximum Gasteiger partial charge on any atom is 0.191 e. The molecule has 1 aromatic rings. The average molecular weight is 434 g/mol. The van der Waals surface area contributed by atoms with E-state index in [0.29, 0.717) is 11.3 Å². The summed E-state index contributed by atoms with van der Waals surface area (Å²) in [6.45, 7) is 5.73. The van der Waals surface area contributed by atoms with Gasteiger partial charge in [-0.2, -0.15) is 0 Å². The molecule has 136 valence electrons. The number of hydrogen-bond donors (Lipinski definition) is 2. The smallest absolute Gasteiger partial charge is 0.191 e. The fraction of sp³-hybridized carbons (Fsp3) is 0.706. The second-order valence-corrected chi connectivity index (χ2v) is 10.6. The fourth-order valence-electron chi connectivity index (χ4n) is 3.03. The molecule has 1 aliphatic carbocycles. The van der Waals surface area contributed by atoms with Crippen LogP contribution < -0.4 is 10.6 Å². The molecule has 3 unspecified atom stereocenters. The number of halogens is 1. The van der Waals surface area contributed by atoms with Crippen molar-refractivity contribution >= 4 is 44.0 Å². The van der Waals surface area contributed by atoms with E-state index in [-0.39, 0.29) is 0 Å². The van der Waals surface area contributed by atoms with Crippen molar-refractivity contribution < 1.29 is 4.21 Å². The van der Waals surface area contributed by atoms with Crippen LogP contribution in [0.1, 0.15) is 44.4 Å². The summed E-state index contributed by atoms with van der Waals surface area (Å²) in [5.74, 6) is 1.66. The van der Waals surface area contributed by atoms with Crippen molar-refractivity contribution in [2.75, 3.05) is 18.8 Å². The Bertz CT molecular complexity index is 562. The van der Waals surface area contributed by atoms with Gasteiger partial charge in [0.2, 0.25) is 0 Å². The van der Waals surface area contributed by atoms with E-state index >= 15 is 0 Å². The summed E-state index contributed by atoms with van der Waals surface area (Å²) in [7, 11) is -0.684. The van der Waals surface area contributed by atoms with Gasteiger partial charge in [-0.05, 0) is 54.2 Å². The van der Waals surface area contributed by atoms with Crippen LogP contribution in [0.4, 0.5) is 0 Å². The van der Waals surface area contributed by atoms with Gasteiger partial charge in [-0.15, -0.1) is 11.3 Å². The standard InChI is InChI=1S/C17H28BrN3OS2/c1-3-19-17(20-11-10-14-8-9-16(18)23-14)21-13-6-5-7-15(12-13)24(22)4-2/h8-9,13,15H,3-7,10-12H2,1-2H3,(H2,19,20,21). The van der Waals surface area contributed by atoms with Crippen LogP contribution in [0, 0.1) is 0 Å². The summed E-state index contributed by atoms with van der Waals surface area (Å²) < 4.78 is 13.3. The highest BCUT2D eigenvalue weighted by Crippen LogP contribution is 2.23. The lowest BCUT2D eigenvalue weighted by Gasteiger charge is -2.30. The van der Waals surface area contributed by atoms with Gasteiger partial charge in [-0.25, -0.2) is 0 Å². The van der Waals surface area contributed by atoms with Crippen LogP contribution in [0.3, 0.4) is 0 Å². The second kappa shape index (κ2) is 10.6. The number of nitrogens with zero attached hydrogens (tertiary/aromatic N) is 1. The quantitative estimate of drug-likeness (QED) is 0.509. The van der Waals surface area contributed by atoms with Crippen molar-refractivity contribution in [3.05, 3.63) is 20.8 Å². The molecule has 2 N–H and O–H groups in total. The summed E-state index contributed by atoms with van der Waals surface area (Å²) in [4.78, 5) is 6.06. The number of nitrogens with one attached hydrogen (secondary N) is 2. The highest BCUT2D eigenvalue weighted by molar-refractivity contribution is 9.11. The van der Waals surface area contributed by atoms with Crippen LogP contribution in [0.5, 0.6) is 0 Å². The van der Waals surface area contributed by atoms with E-state index in [9.17, 15) is 4.21 Å². The third-order valence-electron chi connectivity index (χ3n) is 4.22. The van der Waals surface area contributed by atoms with Gasteiger partial charge in [0.05, 0.1) is 3.79 Å². The summed E-state index contributed by atoms with van der Waals surface area (Å²) in [5.41, 5.74) is 0. The maximum absolute atomic E-state index is 12.1. The SMILES string of the molecule is CCNC(=NCCc1ccc(Br)s1)NC1CCCC(S(=O)CC)C1. The molecule has 1 saturated carbocycles. The molecular formula is C17H28BrN3OS2. The summed E-state index contributed by atoms with van der Waals surface area (Å²) in [6.07, 6.45) is 5.33. The molecule has 2 rings (SSSR count). The van der Waals surface area contributed by atoms with Crippen molar-refractivity contribution in [2.45, 2.75) is 57.2 Å². The second-order valence-electron chi connectivity index (χ2n) is 6.02. The van der Waals surface area contributed by atoms with E-state index in [1.54, 1.807) is 11.3 Å². The first-order chi connectivity index (χ1) is 11.6. The molecule has 0 spiro atoms. The zero-order valence-corrected chi connectivity index (χ0v) is 17.7. The van der Waals surface area contributed by atoms with E-state index in [2.05, 4.69) is 45.6 Å². The molecule has 0 aliphatic heterocycles. The van der Waals surface area contributed by atoms with Crippen LogP contribution in [-0.4, -0.2) is 40.3 Å². The van der Waals surface area contributed by atoms with Crippen LogP contribution in [0.2, 0.25) is 0 Å². The molecule has 0 radical (unpaired) electrons. The molecule has 1 fully saturated rings. The van der Waals surface area contributed by atoms with Gasteiger partial charge < -0.3 is 10.6 Å². The van der Waals surface area contributed by atoms with E-state index in [1.807, 2.05) is 6.92 Å². The number of hydrogen-bond acceptors (Lipinski definition) is 3. The number of rotatable bonds is 7. The van der Waals surface area contributed by atoms with E-state index in [1.165, 1.54) is 8.66 Å². The maximum atomic E-state index is 12.1. The van der Waals surface area contributed by atoms with Crippen LogP contribution in [-0.2, 0) is 17.2 Å². The summed E-state index contributed by atoms with van der Waals surface area (Å²) >= 11 is 5.27. The third-order valence-corrected chi connectivity index (χ3v) is 7.65. The Morgan fingerprint density at radius 1 is 1.42 bits per heavy atom. The Morgan fingerprint density at radius 2 is 2.25 bits per heavy atom. The predicted octanol–water partition coefficient (Wildman–Crippen LogP) is 3.69. The average Bonchev–Trinajstić information content (AvgIpc) is 3.00. The van der Waals surface area contributed by atoms with Crippen LogP contribution in [0.15, 0.2) is 20.9 Å².